The third-order valence-electron chi connectivity index (χ3n) is 5.34. The number of benzene rings is 1. The molecule has 0 saturated carbocycles. The number of hydrogen-bond donors (Lipinski definition) is 0. The predicted octanol–water partition coefficient (Wildman–Crippen LogP) is 3.07. The van der Waals surface area contributed by atoms with Gasteiger partial charge in [-0.2, -0.15) is 0 Å². The first-order valence-electron chi connectivity index (χ1n) is 9.37. The second kappa shape index (κ2) is 8.06. The van der Waals surface area contributed by atoms with Crippen LogP contribution in [0.5, 0.6) is 11.5 Å². The van der Waals surface area contributed by atoms with Crippen molar-refractivity contribution in [1.29, 1.82) is 0 Å². The van der Waals surface area contributed by atoms with E-state index in [2.05, 4.69) is 16.0 Å². The second-order valence-electron chi connectivity index (χ2n) is 6.98. The number of pyridine rings is 1. The number of rotatable bonds is 5. The Bertz CT molecular complexity index is 714. The molecule has 5 heteroatoms. The lowest BCUT2D eigenvalue weighted by atomic mass is 9.98. The molecular weight excluding hydrogens is 328 g/mol. The molecule has 4 rings (SSSR count). The molecule has 26 heavy (non-hydrogen) atoms. The molecule has 0 N–H and O–H groups in total. The maximum Gasteiger partial charge on any atom is 0.164 e. The minimum atomic E-state index is 0.324. The van der Waals surface area contributed by atoms with Gasteiger partial charge in [0.25, 0.3) is 0 Å². The van der Waals surface area contributed by atoms with E-state index in [0.717, 1.165) is 56.2 Å². The van der Waals surface area contributed by atoms with Crippen molar-refractivity contribution < 1.29 is 14.2 Å². The number of hydrogen-bond acceptors (Lipinski definition) is 5. The van der Waals surface area contributed by atoms with Crippen LogP contribution in [0.4, 0.5) is 0 Å². The zero-order valence-corrected chi connectivity index (χ0v) is 15.3. The van der Waals surface area contributed by atoms with Crippen LogP contribution < -0.4 is 9.47 Å². The molecule has 1 saturated heterocycles. The number of nitrogens with zero attached hydrogens (tertiary/aromatic N) is 2. The number of para-hydroxylation sites is 1. The lowest BCUT2D eigenvalue weighted by Crippen LogP contribution is -2.48. The first-order chi connectivity index (χ1) is 12.8. The molecule has 2 aliphatic heterocycles. The molecule has 1 fully saturated rings. The average molecular weight is 354 g/mol. The van der Waals surface area contributed by atoms with Gasteiger partial charge in [-0.1, -0.05) is 18.2 Å². The highest BCUT2D eigenvalue weighted by atomic mass is 16.5. The third-order valence-corrected chi connectivity index (χ3v) is 5.34. The minimum Gasteiger partial charge on any atom is -0.493 e. The number of fused-ring (bicyclic) bond motifs is 1. The highest BCUT2D eigenvalue weighted by Crippen LogP contribution is 2.36. The Balaban J connectivity index is 1.28. The van der Waals surface area contributed by atoms with Gasteiger partial charge in [-0.25, -0.2) is 0 Å². The van der Waals surface area contributed by atoms with Crippen LogP contribution in [0.1, 0.15) is 24.1 Å². The number of piperidine rings is 1. The molecule has 5 nitrogen and oxygen atoms in total. The van der Waals surface area contributed by atoms with Crippen LogP contribution >= 0.6 is 0 Å². The van der Waals surface area contributed by atoms with Crippen molar-refractivity contribution in [3.8, 4) is 11.5 Å². The quantitative estimate of drug-likeness (QED) is 0.826. The van der Waals surface area contributed by atoms with Crippen molar-refractivity contribution in [3.63, 3.8) is 0 Å². The van der Waals surface area contributed by atoms with Crippen molar-refractivity contribution in [1.82, 2.24) is 9.88 Å². The Morgan fingerprint density at radius 1 is 1.15 bits per heavy atom. The van der Waals surface area contributed by atoms with E-state index in [0.29, 0.717) is 18.8 Å². The fourth-order valence-corrected chi connectivity index (χ4v) is 3.87. The number of likely N-dealkylation sites (tertiary alicyclic amines) is 1. The van der Waals surface area contributed by atoms with Crippen LogP contribution in [0.15, 0.2) is 42.6 Å². The van der Waals surface area contributed by atoms with Crippen LogP contribution in [0.2, 0.25) is 0 Å². The Morgan fingerprint density at radius 2 is 2.04 bits per heavy atom. The summed E-state index contributed by atoms with van der Waals surface area (Å²) in [5.74, 6) is 1.75. The van der Waals surface area contributed by atoms with Crippen LogP contribution in [-0.2, 0) is 17.8 Å². The first kappa shape index (κ1) is 17.3. The molecule has 1 aromatic carbocycles. The Morgan fingerprint density at radius 3 is 2.81 bits per heavy atom. The van der Waals surface area contributed by atoms with E-state index in [4.69, 9.17) is 14.2 Å². The van der Waals surface area contributed by atoms with E-state index in [1.807, 2.05) is 36.5 Å². The summed E-state index contributed by atoms with van der Waals surface area (Å²) in [5.41, 5.74) is 2.25. The molecule has 3 heterocycles. The van der Waals surface area contributed by atoms with Gasteiger partial charge in [0.05, 0.1) is 25.5 Å². The number of ether oxygens (including phenoxy) is 3. The van der Waals surface area contributed by atoms with Gasteiger partial charge in [0, 0.05) is 25.3 Å². The van der Waals surface area contributed by atoms with Gasteiger partial charge in [-0.3, -0.25) is 9.88 Å². The molecule has 2 aromatic rings. The molecule has 2 aliphatic rings. The maximum absolute atomic E-state index is 6.05. The SMILES string of the molecule is COc1cccc2c1OCC(N1CCC(OCc3ccccn3)CC1)C2. The zero-order chi connectivity index (χ0) is 17.8. The van der Waals surface area contributed by atoms with Crippen LogP contribution in [0, 0.1) is 0 Å². The van der Waals surface area contributed by atoms with Gasteiger partial charge in [-0.15, -0.1) is 0 Å². The molecule has 0 bridgehead atoms. The monoisotopic (exact) mass is 354 g/mol. The van der Waals surface area contributed by atoms with Gasteiger partial charge in [0.2, 0.25) is 0 Å². The number of methoxy groups -OCH3 is 1. The average Bonchev–Trinajstić information content (AvgIpc) is 2.72. The van der Waals surface area contributed by atoms with Gasteiger partial charge < -0.3 is 14.2 Å². The zero-order valence-electron chi connectivity index (χ0n) is 15.3. The second-order valence-corrected chi connectivity index (χ2v) is 6.98. The van der Waals surface area contributed by atoms with E-state index in [-0.39, 0.29) is 0 Å². The third kappa shape index (κ3) is 3.84. The summed E-state index contributed by atoms with van der Waals surface area (Å²) in [6, 6.07) is 12.5. The molecule has 0 aliphatic carbocycles. The summed E-state index contributed by atoms with van der Waals surface area (Å²) >= 11 is 0. The lowest BCUT2D eigenvalue weighted by molar-refractivity contribution is -0.0183. The largest absolute Gasteiger partial charge is 0.493 e. The van der Waals surface area contributed by atoms with Crippen molar-refractivity contribution in [2.24, 2.45) is 0 Å². The smallest absolute Gasteiger partial charge is 0.164 e. The summed E-state index contributed by atoms with van der Waals surface area (Å²) < 4.78 is 17.5. The maximum atomic E-state index is 6.05. The van der Waals surface area contributed by atoms with Crippen molar-refractivity contribution in [3.05, 3.63) is 53.9 Å². The highest BCUT2D eigenvalue weighted by Gasteiger charge is 2.30. The normalized spacial score (nSPS) is 21.0. The summed E-state index contributed by atoms with van der Waals surface area (Å²) in [4.78, 5) is 6.87. The van der Waals surface area contributed by atoms with E-state index >= 15 is 0 Å². The number of aromatic nitrogens is 1. The Labute approximate surface area is 154 Å². The topological polar surface area (TPSA) is 43.8 Å². The molecular formula is C21H26N2O3. The van der Waals surface area contributed by atoms with Crippen molar-refractivity contribution in [2.75, 3.05) is 26.8 Å². The summed E-state index contributed by atoms with van der Waals surface area (Å²) in [7, 11) is 1.70. The van der Waals surface area contributed by atoms with Gasteiger partial charge in [-0.05, 0) is 43.0 Å². The van der Waals surface area contributed by atoms with E-state index in [1.54, 1.807) is 7.11 Å². The standard InChI is InChI=1S/C21H26N2O3/c1-24-20-7-4-5-16-13-18(15-26-21(16)20)23-11-8-19(9-12-23)25-14-17-6-2-3-10-22-17/h2-7,10,18-19H,8-9,11-15H2,1H3. The van der Waals surface area contributed by atoms with Crippen molar-refractivity contribution >= 4 is 0 Å². The predicted molar refractivity (Wildman–Crippen MR) is 99.6 cm³/mol. The first-order valence-corrected chi connectivity index (χ1v) is 9.37. The highest BCUT2D eigenvalue weighted by molar-refractivity contribution is 5.48. The van der Waals surface area contributed by atoms with Crippen molar-refractivity contribution in [2.45, 2.75) is 38.0 Å². The molecule has 0 spiro atoms. The molecule has 1 atom stereocenters. The van der Waals surface area contributed by atoms with Gasteiger partial charge in [0.15, 0.2) is 11.5 Å². The summed E-state index contributed by atoms with van der Waals surface area (Å²) in [6.07, 6.45) is 5.29. The summed E-state index contributed by atoms with van der Waals surface area (Å²) in [5, 5.41) is 0. The fraction of sp³-hybridized carbons (Fsp3) is 0.476. The molecule has 0 amide bonds. The molecule has 138 valence electrons. The van der Waals surface area contributed by atoms with E-state index < -0.39 is 0 Å². The van der Waals surface area contributed by atoms with Crippen LogP contribution in [0.25, 0.3) is 0 Å². The van der Waals surface area contributed by atoms with Crippen LogP contribution in [-0.4, -0.2) is 48.8 Å². The van der Waals surface area contributed by atoms with Gasteiger partial charge in [0.1, 0.15) is 6.61 Å². The molecule has 0 radical (unpaired) electrons. The van der Waals surface area contributed by atoms with E-state index in [9.17, 15) is 0 Å². The Kier molecular flexibility index (Phi) is 5.37. The molecule has 1 unspecified atom stereocenters. The Hall–Kier alpha value is -2.11. The fourth-order valence-electron chi connectivity index (χ4n) is 3.87. The molecule has 1 aromatic heterocycles. The van der Waals surface area contributed by atoms with E-state index in [1.165, 1.54) is 5.56 Å². The summed E-state index contributed by atoms with van der Waals surface area (Å²) in [6.45, 7) is 3.44. The van der Waals surface area contributed by atoms with Gasteiger partial charge >= 0.3 is 0 Å². The minimum absolute atomic E-state index is 0.324. The lowest BCUT2D eigenvalue weighted by Gasteiger charge is -2.39. The van der Waals surface area contributed by atoms with Crippen LogP contribution in [0.3, 0.4) is 0 Å².